The van der Waals surface area contributed by atoms with Crippen LogP contribution in [0.25, 0.3) is 0 Å². The van der Waals surface area contributed by atoms with E-state index in [1.54, 1.807) is 0 Å². The Hall–Kier alpha value is -1.26. The highest BCUT2D eigenvalue weighted by molar-refractivity contribution is 5.82. The fourth-order valence-corrected chi connectivity index (χ4v) is 2.63. The third-order valence-corrected chi connectivity index (χ3v) is 4.09. The Balaban J connectivity index is 2.47. The van der Waals surface area contributed by atoms with E-state index in [1.807, 2.05) is 13.8 Å². The Morgan fingerprint density at radius 2 is 1.89 bits per heavy atom. The molecule has 1 aliphatic rings. The molecule has 1 aliphatic carbocycles. The Morgan fingerprint density at radius 3 is 2.32 bits per heavy atom. The molecule has 1 fully saturated rings. The normalized spacial score (nSPS) is 28.2. The van der Waals surface area contributed by atoms with Gasteiger partial charge in [0.1, 0.15) is 6.04 Å². The molecule has 0 aromatic carbocycles. The maximum Gasteiger partial charge on any atom is 0.326 e. The van der Waals surface area contributed by atoms with Crippen molar-refractivity contribution in [2.45, 2.75) is 59.0 Å². The minimum absolute atomic E-state index is 0.156. The highest BCUT2D eigenvalue weighted by atomic mass is 16.4. The van der Waals surface area contributed by atoms with E-state index in [-0.39, 0.29) is 18.0 Å². The van der Waals surface area contributed by atoms with Gasteiger partial charge in [0.15, 0.2) is 0 Å². The summed E-state index contributed by atoms with van der Waals surface area (Å²) in [7, 11) is 0. The summed E-state index contributed by atoms with van der Waals surface area (Å²) in [5, 5.41) is 14.5. The quantitative estimate of drug-likeness (QED) is 0.716. The Kier molecular flexibility index (Phi) is 5.63. The monoisotopic (exact) mass is 270 g/mol. The molecule has 0 aromatic rings. The van der Waals surface area contributed by atoms with Crippen molar-refractivity contribution in [3.63, 3.8) is 0 Å². The molecule has 0 aromatic heterocycles. The number of amides is 2. The first-order chi connectivity index (χ1) is 8.81. The molecule has 0 saturated heterocycles. The smallest absolute Gasteiger partial charge is 0.326 e. The summed E-state index contributed by atoms with van der Waals surface area (Å²) in [5.74, 6) is 0.305. The third kappa shape index (κ3) is 4.73. The molecule has 1 rings (SSSR count). The van der Waals surface area contributed by atoms with Gasteiger partial charge in [0.05, 0.1) is 0 Å². The fraction of sp³-hybridized carbons (Fsp3) is 0.857. The summed E-state index contributed by atoms with van der Waals surface area (Å²) in [6.45, 7) is 8.20. The highest BCUT2D eigenvalue weighted by Crippen LogP contribution is 2.30. The zero-order valence-electron chi connectivity index (χ0n) is 12.3. The first-order valence-corrected chi connectivity index (χ1v) is 7.11. The van der Waals surface area contributed by atoms with Gasteiger partial charge in [0, 0.05) is 6.04 Å². The molecule has 19 heavy (non-hydrogen) atoms. The summed E-state index contributed by atoms with van der Waals surface area (Å²) >= 11 is 0. The summed E-state index contributed by atoms with van der Waals surface area (Å²) in [6, 6.07) is -1.02. The number of rotatable bonds is 5. The van der Waals surface area contributed by atoms with Gasteiger partial charge in [-0.25, -0.2) is 9.59 Å². The standard InChI is InChI=1S/C14H26N2O3/c1-8(2)7-12(13(17)18)16-14(19)15-11-6-5-9(3)10(11)4/h8-12H,5-7H2,1-4H3,(H,17,18)(H2,15,16,19). The van der Waals surface area contributed by atoms with Crippen LogP contribution in [-0.4, -0.2) is 29.2 Å². The predicted octanol–water partition coefficient (Wildman–Crippen LogP) is 2.22. The third-order valence-electron chi connectivity index (χ3n) is 4.09. The SMILES string of the molecule is CC(C)CC(NC(=O)NC1CCC(C)C1C)C(=O)O. The van der Waals surface area contributed by atoms with Crippen LogP contribution in [0.5, 0.6) is 0 Å². The van der Waals surface area contributed by atoms with Crippen molar-refractivity contribution >= 4 is 12.0 Å². The summed E-state index contributed by atoms with van der Waals surface area (Å²) in [6.07, 6.45) is 2.53. The van der Waals surface area contributed by atoms with Crippen LogP contribution in [0.3, 0.4) is 0 Å². The van der Waals surface area contributed by atoms with Gasteiger partial charge >= 0.3 is 12.0 Å². The molecule has 1 saturated carbocycles. The van der Waals surface area contributed by atoms with Crippen molar-refractivity contribution in [2.24, 2.45) is 17.8 Å². The van der Waals surface area contributed by atoms with Crippen molar-refractivity contribution in [2.75, 3.05) is 0 Å². The van der Waals surface area contributed by atoms with Crippen LogP contribution in [0.15, 0.2) is 0 Å². The largest absolute Gasteiger partial charge is 0.480 e. The molecule has 5 nitrogen and oxygen atoms in total. The second-order valence-electron chi connectivity index (χ2n) is 6.16. The number of hydrogen-bond donors (Lipinski definition) is 3. The van der Waals surface area contributed by atoms with Gasteiger partial charge in [0.2, 0.25) is 0 Å². The number of carbonyl (C=O) groups is 2. The minimum Gasteiger partial charge on any atom is -0.480 e. The highest BCUT2D eigenvalue weighted by Gasteiger charge is 2.31. The molecule has 4 atom stereocenters. The fourth-order valence-electron chi connectivity index (χ4n) is 2.63. The zero-order chi connectivity index (χ0) is 14.6. The van der Waals surface area contributed by atoms with Gasteiger partial charge in [-0.15, -0.1) is 0 Å². The molecule has 0 bridgehead atoms. The van der Waals surface area contributed by atoms with E-state index < -0.39 is 12.0 Å². The van der Waals surface area contributed by atoms with E-state index >= 15 is 0 Å². The average molecular weight is 270 g/mol. The lowest BCUT2D eigenvalue weighted by atomic mass is 9.98. The number of nitrogens with one attached hydrogen (secondary N) is 2. The molecule has 0 aliphatic heterocycles. The maximum atomic E-state index is 11.9. The first-order valence-electron chi connectivity index (χ1n) is 7.11. The molecule has 4 unspecified atom stereocenters. The Morgan fingerprint density at radius 1 is 1.26 bits per heavy atom. The number of hydrogen-bond acceptors (Lipinski definition) is 2. The van der Waals surface area contributed by atoms with Crippen LogP contribution in [0.1, 0.15) is 47.0 Å². The summed E-state index contributed by atoms with van der Waals surface area (Å²) in [4.78, 5) is 22.9. The number of carbonyl (C=O) groups excluding carboxylic acids is 1. The van der Waals surface area contributed by atoms with Gasteiger partial charge in [-0.2, -0.15) is 0 Å². The van der Waals surface area contributed by atoms with Crippen LogP contribution in [0.2, 0.25) is 0 Å². The maximum absolute atomic E-state index is 11.9. The summed E-state index contributed by atoms with van der Waals surface area (Å²) < 4.78 is 0. The van der Waals surface area contributed by atoms with Crippen LogP contribution in [0.4, 0.5) is 4.79 Å². The zero-order valence-corrected chi connectivity index (χ0v) is 12.3. The van der Waals surface area contributed by atoms with E-state index in [2.05, 4.69) is 24.5 Å². The van der Waals surface area contributed by atoms with Gasteiger partial charge < -0.3 is 15.7 Å². The lowest BCUT2D eigenvalue weighted by Gasteiger charge is -2.22. The minimum atomic E-state index is -0.975. The van der Waals surface area contributed by atoms with E-state index in [9.17, 15) is 9.59 Å². The van der Waals surface area contributed by atoms with E-state index in [4.69, 9.17) is 5.11 Å². The van der Waals surface area contributed by atoms with E-state index in [0.29, 0.717) is 18.3 Å². The van der Waals surface area contributed by atoms with Gasteiger partial charge in [-0.05, 0) is 37.0 Å². The second-order valence-corrected chi connectivity index (χ2v) is 6.16. The molecule has 110 valence electrons. The van der Waals surface area contributed by atoms with Crippen molar-refractivity contribution in [1.29, 1.82) is 0 Å². The Bertz CT molecular complexity index is 331. The van der Waals surface area contributed by atoms with Crippen molar-refractivity contribution in [3.05, 3.63) is 0 Å². The van der Waals surface area contributed by atoms with Crippen molar-refractivity contribution in [1.82, 2.24) is 10.6 Å². The molecule has 0 heterocycles. The number of carboxylic acid groups (broad SMARTS) is 1. The lowest BCUT2D eigenvalue weighted by Crippen LogP contribution is -2.50. The van der Waals surface area contributed by atoms with Gasteiger partial charge in [-0.3, -0.25) is 0 Å². The molecule has 0 spiro atoms. The van der Waals surface area contributed by atoms with Crippen molar-refractivity contribution in [3.8, 4) is 0 Å². The van der Waals surface area contributed by atoms with Crippen LogP contribution < -0.4 is 10.6 Å². The summed E-state index contributed by atoms with van der Waals surface area (Å²) in [5.41, 5.74) is 0. The van der Waals surface area contributed by atoms with Crippen LogP contribution >= 0.6 is 0 Å². The average Bonchev–Trinajstić information content (AvgIpc) is 2.59. The van der Waals surface area contributed by atoms with Crippen LogP contribution in [-0.2, 0) is 4.79 Å². The molecule has 3 N–H and O–H groups in total. The van der Waals surface area contributed by atoms with Gasteiger partial charge in [-0.1, -0.05) is 27.7 Å². The molecular weight excluding hydrogens is 244 g/mol. The van der Waals surface area contributed by atoms with Gasteiger partial charge in [0.25, 0.3) is 0 Å². The predicted molar refractivity (Wildman–Crippen MR) is 73.9 cm³/mol. The molecular formula is C14H26N2O3. The second kappa shape index (κ2) is 6.78. The van der Waals surface area contributed by atoms with Crippen molar-refractivity contribution < 1.29 is 14.7 Å². The van der Waals surface area contributed by atoms with E-state index in [0.717, 1.165) is 12.8 Å². The topological polar surface area (TPSA) is 78.4 Å². The molecule has 5 heteroatoms. The molecule has 2 amide bonds. The molecule has 0 radical (unpaired) electrons. The van der Waals surface area contributed by atoms with E-state index in [1.165, 1.54) is 0 Å². The number of aliphatic carboxylic acids is 1. The Labute approximate surface area is 115 Å². The number of urea groups is 1. The lowest BCUT2D eigenvalue weighted by molar-refractivity contribution is -0.139. The number of carboxylic acids is 1. The first kappa shape index (κ1) is 15.8. The van der Waals surface area contributed by atoms with Crippen LogP contribution in [0, 0.1) is 17.8 Å².